The zero-order valence-corrected chi connectivity index (χ0v) is 13.3. The van der Waals surface area contributed by atoms with E-state index in [0.717, 1.165) is 14.7 Å². The summed E-state index contributed by atoms with van der Waals surface area (Å²) < 4.78 is 7.40. The van der Waals surface area contributed by atoms with Gasteiger partial charge in [-0.1, -0.05) is 45.5 Å². The van der Waals surface area contributed by atoms with E-state index in [1.54, 1.807) is 0 Å². The van der Waals surface area contributed by atoms with Crippen molar-refractivity contribution < 1.29 is 9.53 Å². The molecule has 0 spiro atoms. The maximum absolute atomic E-state index is 11.9. The molecule has 1 amide bonds. The van der Waals surface area contributed by atoms with Crippen molar-refractivity contribution >= 4 is 48.5 Å². The number of para-hydroxylation sites is 1. The maximum Gasteiger partial charge on any atom is 0.264 e. The Hall–Kier alpha value is -1.92. The second kappa shape index (κ2) is 6.24. The summed E-state index contributed by atoms with van der Waals surface area (Å²) in [6.45, 7) is -0.0381. The van der Waals surface area contributed by atoms with E-state index in [1.165, 1.54) is 11.3 Å². The molecule has 0 saturated heterocycles. The van der Waals surface area contributed by atoms with Crippen LogP contribution >= 0.6 is 27.3 Å². The molecule has 0 aliphatic carbocycles. The molecule has 6 heteroatoms. The third-order valence-corrected chi connectivity index (χ3v) is 4.14. The number of thiazole rings is 1. The number of nitrogens with zero attached hydrogens (tertiary/aromatic N) is 1. The van der Waals surface area contributed by atoms with E-state index >= 15 is 0 Å². The molecule has 0 atom stereocenters. The highest BCUT2D eigenvalue weighted by atomic mass is 79.9. The second-order valence-corrected chi connectivity index (χ2v) is 6.23. The van der Waals surface area contributed by atoms with Gasteiger partial charge in [-0.3, -0.25) is 10.1 Å². The third kappa shape index (κ3) is 3.59. The number of ether oxygens (including phenoxy) is 1. The van der Waals surface area contributed by atoms with E-state index in [-0.39, 0.29) is 12.5 Å². The SMILES string of the molecule is O=C(COc1ccccc1)Nc1nc2ccc(Br)cc2s1. The fraction of sp³-hybridized carbons (Fsp3) is 0.0667. The average molecular weight is 363 g/mol. The van der Waals surface area contributed by atoms with Gasteiger partial charge in [-0.05, 0) is 30.3 Å². The first-order valence-corrected chi connectivity index (χ1v) is 7.85. The van der Waals surface area contributed by atoms with Crippen LogP contribution in [0.4, 0.5) is 5.13 Å². The van der Waals surface area contributed by atoms with Crippen molar-refractivity contribution in [1.82, 2.24) is 4.98 Å². The van der Waals surface area contributed by atoms with Gasteiger partial charge in [0.1, 0.15) is 5.75 Å². The van der Waals surface area contributed by atoms with Crippen LogP contribution in [0.1, 0.15) is 0 Å². The summed E-state index contributed by atoms with van der Waals surface area (Å²) in [5.74, 6) is 0.442. The smallest absolute Gasteiger partial charge is 0.264 e. The maximum atomic E-state index is 11.9. The first kappa shape index (κ1) is 14.0. The van der Waals surface area contributed by atoms with Gasteiger partial charge in [-0.2, -0.15) is 0 Å². The van der Waals surface area contributed by atoms with Crippen LogP contribution < -0.4 is 10.1 Å². The molecule has 0 aliphatic heterocycles. The highest BCUT2D eigenvalue weighted by Crippen LogP contribution is 2.28. The molecule has 21 heavy (non-hydrogen) atoms. The van der Waals surface area contributed by atoms with Crippen LogP contribution in [0.25, 0.3) is 10.2 Å². The van der Waals surface area contributed by atoms with Crippen LogP contribution in [-0.4, -0.2) is 17.5 Å². The third-order valence-electron chi connectivity index (χ3n) is 2.71. The van der Waals surface area contributed by atoms with Gasteiger partial charge in [0.05, 0.1) is 10.2 Å². The van der Waals surface area contributed by atoms with Crippen LogP contribution in [0, 0.1) is 0 Å². The normalized spacial score (nSPS) is 10.5. The van der Waals surface area contributed by atoms with Crippen molar-refractivity contribution in [1.29, 1.82) is 0 Å². The molecule has 0 aliphatic rings. The molecule has 1 heterocycles. The number of carbonyl (C=O) groups is 1. The Bertz CT molecular complexity index is 774. The summed E-state index contributed by atoms with van der Waals surface area (Å²) in [5, 5.41) is 3.32. The number of rotatable bonds is 4. The standard InChI is InChI=1S/C15H11BrN2O2S/c16-10-6-7-12-13(8-10)21-15(17-12)18-14(19)9-20-11-4-2-1-3-5-11/h1-8H,9H2,(H,17,18,19). The molecule has 0 fully saturated rings. The van der Waals surface area contributed by atoms with E-state index in [1.807, 2.05) is 48.5 Å². The van der Waals surface area contributed by atoms with Crippen molar-refractivity contribution in [2.75, 3.05) is 11.9 Å². The molecule has 0 bridgehead atoms. The Balaban J connectivity index is 1.63. The molecule has 106 valence electrons. The molecule has 1 aromatic heterocycles. The van der Waals surface area contributed by atoms with E-state index in [4.69, 9.17) is 4.74 Å². The van der Waals surface area contributed by atoms with Crippen molar-refractivity contribution in [3.63, 3.8) is 0 Å². The van der Waals surface area contributed by atoms with Crippen molar-refractivity contribution in [2.45, 2.75) is 0 Å². The van der Waals surface area contributed by atoms with Crippen LogP contribution in [0.15, 0.2) is 53.0 Å². The lowest BCUT2D eigenvalue weighted by Crippen LogP contribution is -2.19. The monoisotopic (exact) mass is 362 g/mol. The lowest BCUT2D eigenvalue weighted by molar-refractivity contribution is -0.118. The Morgan fingerprint density at radius 2 is 2.05 bits per heavy atom. The van der Waals surface area contributed by atoms with E-state index in [9.17, 15) is 4.79 Å². The molecular weight excluding hydrogens is 352 g/mol. The van der Waals surface area contributed by atoms with Gasteiger partial charge in [0.2, 0.25) is 0 Å². The first-order valence-electron chi connectivity index (χ1n) is 6.24. The largest absolute Gasteiger partial charge is 0.484 e. The van der Waals surface area contributed by atoms with Crippen molar-refractivity contribution in [2.24, 2.45) is 0 Å². The summed E-state index contributed by atoms with van der Waals surface area (Å²) in [4.78, 5) is 16.2. The van der Waals surface area contributed by atoms with Crippen molar-refractivity contribution in [3.05, 3.63) is 53.0 Å². The lowest BCUT2D eigenvalue weighted by atomic mass is 10.3. The summed E-state index contributed by atoms with van der Waals surface area (Å²) in [6, 6.07) is 15.0. The van der Waals surface area contributed by atoms with Crippen molar-refractivity contribution in [3.8, 4) is 5.75 Å². The number of fused-ring (bicyclic) bond motifs is 1. The number of nitrogens with one attached hydrogen (secondary N) is 1. The number of hydrogen-bond acceptors (Lipinski definition) is 4. The summed E-state index contributed by atoms with van der Waals surface area (Å²) in [7, 11) is 0. The zero-order valence-electron chi connectivity index (χ0n) is 10.9. The zero-order chi connectivity index (χ0) is 14.7. The molecule has 0 radical (unpaired) electrons. The average Bonchev–Trinajstić information content (AvgIpc) is 2.87. The van der Waals surface area contributed by atoms with Crippen LogP contribution in [-0.2, 0) is 4.79 Å². The van der Waals surface area contributed by atoms with Gasteiger partial charge in [0.25, 0.3) is 5.91 Å². The number of hydrogen-bond donors (Lipinski definition) is 1. The van der Waals surface area contributed by atoms with Gasteiger partial charge >= 0.3 is 0 Å². The number of benzene rings is 2. The highest BCUT2D eigenvalue weighted by molar-refractivity contribution is 9.10. The lowest BCUT2D eigenvalue weighted by Gasteiger charge is -2.04. The van der Waals surface area contributed by atoms with Gasteiger partial charge in [0.15, 0.2) is 11.7 Å². The highest BCUT2D eigenvalue weighted by Gasteiger charge is 2.08. The number of aromatic nitrogens is 1. The predicted molar refractivity (Wildman–Crippen MR) is 87.9 cm³/mol. The van der Waals surface area contributed by atoms with E-state index in [2.05, 4.69) is 26.2 Å². The van der Waals surface area contributed by atoms with Crippen LogP contribution in [0.3, 0.4) is 0 Å². The molecule has 2 aromatic carbocycles. The minimum Gasteiger partial charge on any atom is -0.484 e. The van der Waals surface area contributed by atoms with Crippen LogP contribution in [0.5, 0.6) is 5.75 Å². The molecule has 1 N–H and O–H groups in total. The molecule has 3 aromatic rings. The Labute approximate surface area is 133 Å². The minimum absolute atomic E-state index is 0.0381. The Morgan fingerprint density at radius 1 is 1.24 bits per heavy atom. The summed E-state index contributed by atoms with van der Waals surface area (Å²) in [6.07, 6.45) is 0. The Kier molecular flexibility index (Phi) is 4.17. The van der Waals surface area contributed by atoms with Gasteiger partial charge < -0.3 is 4.74 Å². The second-order valence-electron chi connectivity index (χ2n) is 4.28. The number of carbonyl (C=O) groups excluding carboxylic acids is 1. The molecule has 0 saturated carbocycles. The Morgan fingerprint density at radius 3 is 2.86 bits per heavy atom. The fourth-order valence-electron chi connectivity index (χ4n) is 1.77. The van der Waals surface area contributed by atoms with Gasteiger partial charge in [-0.15, -0.1) is 0 Å². The fourth-order valence-corrected chi connectivity index (χ4v) is 3.21. The van der Waals surface area contributed by atoms with Crippen LogP contribution in [0.2, 0.25) is 0 Å². The van der Waals surface area contributed by atoms with Gasteiger partial charge in [0, 0.05) is 4.47 Å². The van der Waals surface area contributed by atoms with E-state index in [0.29, 0.717) is 10.9 Å². The number of anilines is 1. The topological polar surface area (TPSA) is 51.2 Å². The number of amides is 1. The summed E-state index contributed by atoms with van der Waals surface area (Å²) >= 11 is 4.85. The quantitative estimate of drug-likeness (QED) is 0.760. The molecule has 3 rings (SSSR count). The molecule has 4 nitrogen and oxygen atoms in total. The van der Waals surface area contributed by atoms with E-state index < -0.39 is 0 Å². The predicted octanol–water partition coefficient (Wildman–Crippen LogP) is 4.08. The first-order chi connectivity index (χ1) is 10.2. The van der Waals surface area contributed by atoms with Gasteiger partial charge in [-0.25, -0.2) is 4.98 Å². The summed E-state index contributed by atoms with van der Waals surface area (Å²) in [5.41, 5.74) is 0.863. The minimum atomic E-state index is -0.225. The molecule has 0 unspecified atom stereocenters. The number of halogens is 1. The molecular formula is C15H11BrN2O2S.